The number of hydrogen-bond acceptors (Lipinski definition) is 3. The first kappa shape index (κ1) is 21.8. The van der Waals surface area contributed by atoms with Gasteiger partial charge in [0.05, 0.1) is 17.4 Å². The van der Waals surface area contributed by atoms with Crippen molar-refractivity contribution in [2.45, 2.75) is 19.4 Å². The maximum atomic E-state index is 12.8. The van der Waals surface area contributed by atoms with E-state index >= 15 is 0 Å². The summed E-state index contributed by atoms with van der Waals surface area (Å²) in [6.45, 7) is 3.74. The summed E-state index contributed by atoms with van der Waals surface area (Å²) in [5.41, 5.74) is 1.70. The highest BCUT2D eigenvalue weighted by molar-refractivity contribution is 6.34. The molecule has 3 aromatic rings. The lowest BCUT2D eigenvalue weighted by molar-refractivity contribution is 0.0910. The number of hydrogen-bond donors (Lipinski definition) is 1. The number of anilines is 1. The molecule has 0 bridgehead atoms. The minimum atomic E-state index is -0.694. The number of rotatable bonds is 5. The van der Waals surface area contributed by atoms with Crippen LogP contribution in [0.2, 0.25) is 10.0 Å². The Bertz CT molecular complexity index is 1050. The van der Waals surface area contributed by atoms with Crippen LogP contribution in [0.5, 0.6) is 0 Å². The molecule has 1 aromatic heterocycles. The standard InChI is InChI=1S/C23H21Cl2N3O2/c1-23(2,17-11-18(24)13-19(25)12-17)27-21(29)15-6-8-16(9-7-15)22(30)28(3)20-5-4-10-26-14-20/h4-14H,1-3H3,(H,27,29). The number of nitrogens with one attached hydrogen (secondary N) is 1. The Labute approximate surface area is 185 Å². The molecule has 30 heavy (non-hydrogen) atoms. The highest BCUT2D eigenvalue weighted by Gasteiger charge is 2.24. The Morgan fingerprint density at radius 3 is 2.13 bits per heavy atom. The molecule has 1 N–H and O–H groups in total. The van der Waals surface area contributed by atoms with Crippen molar-refractivity contribution >= 4 is 40.7 Å². The summed E-state index contributed by atoms with van der Waals surface area (Å²) >= 11 is 12.2. The van der Waals surface area contributed by atoms with E-state index in [2.05, 4.69) is 10.3 Å². The molecule has 0 spiro atoms. The van der Waals surface area contributed by atoms with E-state index in [1.54, 1.807) is 74.0 Å². The topological polar surface area (TPSA) is 62.3 Å². The van der Waals surface area contributed by atoms with Gasteiger partial charge in [-0.05, 0) is 74.0 Å². The largest absolute Gasteiger partial charge is 0.343 e. The number of benzene rings is 2. The monoisotopic (exact) mass is 441 g/mol. The zero-order chi connectivity index (χ0) is 21.9. The van der Waals surface area contributed by atoms with E-state index in [1.807, 2.05) is 13.8 Å². The average molecular weight is 442 g/mol. The minimum absolute atomic E-state index is 0.191. The molecule has 154 valence electrons. The average Bonchev–Trinajstić information content (AvgIpc) is 2.72. The van der Waals surface area contributed by atoms with E-state index in [0.29, 0.717) is 26.9 Å². The fourth-order valence-electron chi connectivity index (χ4n) is 2.97. The van der Waals surface area contributed by atoms with Crippen LogP contribution in [-0.2, 0) is 5.54 Å². The fourth-order valence-corrected chi connectivity index (χ4v) is 3.50. The lowest BCUT2D eigenvalue weighted by Gasteiger charge is -2.27. The van der Waals surface area contributed by atoms with Gasteiger partial charge in [0.15, 0.2) is 0 Å². The molecule has 0 radical (unpaired) electrons. The highest BCUT2D eigenvalue weighted by Crippen LogP contribution is 2.27. The van der Waals surface area contributed by atoms with Crippen LogP contribution in [-0.4, -0.2) is 23.8 Å². The van der Waals surface area contributed by atoms with Gasteiger partial charge in [0, 0.05) is 34.4 Å². The van der Waals surface area contributed by atoms with Crippen LogP contribution in [0.15, 0.2) is 67.0 Å². The second kappa shape index (κ2) is 8.86. The van der Waals surface area contributed by atoms with Crippen LogP contribution >= 0.6 is 23.2 Å². The normalized spacial score (nSPS) is 11.1. The van der Waals surface area contributed by atoms with E-state index in [0.717, 1.165) is 5.56 Å². The van der Waals surface area contributed by atoms with Crippen molar-refractivity contribution < 1.29 is 9.59 Å². The Morgan fingerprint density at radius 2 is 1.57 bits per heavy atom. The summed E-state index contributed by atoms with van der Waals surface area (Å²) in [7, 11) is 1.68. The predicted octanol–water partition coefficient (Wildman–Crippen LogP) is 5.33. The number of pyridine rings is 1. The smallest absolute Gasteiger partial charge is 0.258 e. The molecule has 5 nitrogen and oxygen atoms in total. The number of amides is 2. The Balaban J connectivity index is 1.74. The summed E-state index contributed by atoms with van der Waals surface area (Å²) in [5.74, 6) is -0.459. The van der Waals surface area contributed by atoms with Gasteiger partial charge in [-0.2, -0.15) is 0 Å². The van der Waals surface area contributed by atoms with E-state index in [-0.39, 0.29) is 11.8 Å². The van der Waals surface area contributed by atoms with Crippen molar-refractivity contribution in [2.24, 2.45) is 0 Å². The summed E-state index contributed by atoms with van der Waals surface area (Å²) in [6, 6.07) is 15.3. The second-order valence-corrected chi connectivity index (χ2v) is 8.26. The van der Waals surface area contributed by atoms with Gasteiger partial charge in [0.25, 0.3) is 11.8 Å². The maximum absolute atomic E-state index is 12.8. The van der Waals surface area contributed by atoms with Crippen LogP contribution in [0.1, 0.15) is 40.1 Å². The number of aromatic nitrogens is 1. The van der Waals surface area contributed by atoms with Crippen molar-refractivity contribution in [1.82, 2.24) is 10.3 Å². The molecular weight excluding hydrogens is 421 g/mol. The zero-order valence-corrected chi connectivity index (χ0v) is 18.3. The molecule has 0 aliphatic carbocycles. The molecule has 0 aliphatic heterocycles. The molecule has 0 atom stereocenters. The lowest BCUT2D eigenvalue weighted by atomic mass is 9.93. The SMILES string of the molecule is CN(C(=O)c1ccc(C(=O)NC(C)(C)c2cc(Cl)cc(Cl)c2)cc1)c1cccnc1. The quantitative estimate of drug-likeness (QED) is 0.581. The summed E-state index contributed by atoms with van der Waals surface area (Å²) < 4.78 is 0. The summed E-state index contributed by atoms with van der Waals surface area (Å²) in [5, 5.41) is 3.98. The highest BCUT2D eigenvalue weighted by atomic mass is 35.5. The maximum Gasteiger partial charge on any atom is 0.258 e. The first-order chi connectivity index (χ1) is 14.2. The van der Waals surface area contributed by atoms with Gasteiger partial charge in [0.1, 0.15) is 0 Å². The van der Waals surface area contributed by atoms with Crippen LogP contribution in [0, 0.1) is 0 Å². The summed E-state index contributed by atoms with van der Waals surface area (Å²) in [6.07, 6.45) is 3.26. The third kappa shape index (κ3) is 4.99. The minimum Gasteiger partial charge on any atom is -0.343 e. The van der Waals surface area contributed by atoms with Crippen LogP contribution in [0.3, 0.4) is 0 Å². The van der Waals surface area contributed by atoms with E-state index in [4.69, 9.17) is 23.2 Å². The molecule has 2 amide bonds. The van der Waals surface area contributed by atoms with Gasteiger partial charge in [0.2, 0.25) is 0 Å². The molecule has 0 aliphatic rings. The van der Waals surface area contributed by atoms with Gasteiger partial charge >= 0.3 is 0 Å². The number of carbonyl (C=O) groups excluding carboxylic acids is 2. The second-order valence-electron chi connectivity index (χ2n) is 7.39. The van der Waals surface area contributed by atoms with Gasteiger partial charge in [-0.15, -0.1) is 0 Å². The van der Waals surface area contributed by atoms with Crippen LogP contribution in [0.25, 0.3) is 0 Å². The first-order valence-electron chi connectivity index (χ1n) is 9.24. The lowest BCUT2D eigenvalue weighted by Crippen LogP contribution is -2.41. The fraction of sp³-hybridized carbons (Fsp3) is 0.174. The molecule has 2 aromatic carbocycles. The molecule has 0 unspecified atom stereocenters. The van der Waals surface area contributed by atoms with E-state index < -0.39 is 5.54 Å². The molecule has 7 heteroatoms. The van der Waals surface area contributed by atoms with Gasteiger partial charge in [-0.25, -0.2) is 0 Å². The zero-order valence-electron chi connectivity index (χ0n) is 16.8. The van der Waals surface area contributed by atoms with E-state index in [1.165, 1.54) is 4.90 Å². The number of halogens is 2. The number of carbonyl (C=O) groups is 2. The molecule has 0 saturated carbocycles. The first-order valence-corrected chi connectivity index (χ1v) is 10.0. The van der Waals surface area contributed by atoms with Gasteiger partial charge < -0.3 is 10.2 Å². The van der Waals surface area contributed by atoms with Crippen molar-refractivity contribution in [3.8, 4) is 0 Å². The Morgan fingerprint density at radius 1 is 0.967 bits per heavy atom. The Hall–Kier alpha value is -2.89. The molecular formula is C23H21Cl2N3O2. The van der Waals surface area contributed by atoms with Gasteiger partial charge in [-0.3, -0.25) is 14.6 Å². The van der Waals surface area contributed by atoms with Crippen LogP contribution in [0.4, 0.5) is 5.69 Å². The molecule has 1 heterocycles. The van der Waals surface area contributed by atoms with Crippen LogP contribution < -0.4 is 10.2 Å². The summed E-state index contributed by atoms with van der Waals surface area (Å²) in [4.78, 5) is 31.0. The van der Waals surface area contributed by atoms with Crippen molar-refractivity contribution in [2.75, 3.05) is 11.9 Å². The molecule has 3 rings (SSSR count). The third-order valence-electron chi connectivity index (χ3n) is 4.74. The predicted molar refractivity (Wildman–Crippen MR) is 120 cm³/mol. The van der Waals surface area contributed by atoms with E-state index in [9.17, 15) is 9.59 Å². The molecule has 0 fully saturated rings. The van der Waals surface area contributed by atoms with Crippen molar-refractivity contribution in [3.63, 3.8) is 0 Å². The Kier molecular flexibility index (Phi) is 6.44. The third-order valence-corrected chi connectivity index (χ3v) is 5.18. The molecule has 0 saturated heterocycles. The van der Waals surface area contributed by atoms with Gasteiger partial charge in [-0.1, -0.05) is 23.2 Å². The van der Waals surface area contributed by atoms with Crippen molar-refractivity contribution in [1.29, 1.82) is 0 Å². The number of nitrogens with zero attached hydrogens (tertiary/aromatic N) is 2. The van der Waals surface area contributed by atoms with Crippen molar-refractivity contribution in [3.05, 3.63) is 93.7 Å².